The molecule has 0 unspecified atom stereocenters. The highest BCUT2D eigenvalue weighted by Gasteiger charge is 2.77. The van der Waals surface area contributed by atoms with Crippen LogP contribution in [-0.2, 0) is 14.3 Å². The third-order valence-electron chi connectivity index (χ3n) is 18.6. The van der Waals surface area contributed by atoms with Gasteiger partial charge in [-0.05, 0) is 109 Å². The van der Waals surface area contributed by atoms with Crippen LogP contribution in [0.15, 0.2) is 42.5 Å². The molecule has 5 aliphatic rings. The molecule has 7 rings (SSSR count). The first-order valence-corrected chi connectivity index (χ1v) is 21.2. The maximum atomic E-state index is 13.7. The predicted molar refractivity (Wildman–Crippen MR) is 217 cm³/mol. The predicted octanol–water partition coefficient (Wildman–Crippen LogP) is 9.40. The molecule has 4 fully saturated rings. The molecular weight excluding hydrogens is 687 g/mol. The molecule has 9 nitrogen and oxygen atoms in total. The topological polar surface area (TPSA) is 125 Å². The highest BCUT2D eigenvalue weighted by Crippen LogP contribution is 2.79. The van der Waals surface area contributed by atoms with Crippen LogP contribution in [0.5, 0.6) is 0 Å². The van der Waals surface area contributed by atoms with E-state index < -0.39 is 28.3 Å². The fourth-order valence-electron chi connectivity index (χ4n) is 13.5. The summed E-state index contributed by atoms with van der Waals surface area (Å²) in [6.07, 6.45) is 13.1. The van der Waals surface area contributed by atoms with E-state index >= 15 is 0 Å². The summed E-state index contributed by atoms with van der Waals surface area (Å²) in [5.41, 5.74) is 7.01. The van der Waals surface area contributed by atoms with Crippen LogP contribution >= 0.6 is 0 Å². The Balaban J connectivity index is 1.40. The van der Waals surface area contributed by atoms with Gasteiger partial charge in [-0.15, -0.1) is 0 Å². The van der Waals surface area contributed by atoms with E-state index in [1.54, 1.807) is 6.33 Å². The first kappa shape index (κ1) is 40.6. The number of fused-ring (bicyclic) bond motifs is 3. The molecule has 3 N–H and O–H groups in total. The number of hydrogen-bond donors (Lipinski definition) is 2. The molecule has 0 radical (unpaired) electrons. The molecule has 1 saturated heterocycles. The van der Waals surface area contributed by atoms with Crippen LogP contribution in [0.1, 0.15) is 135 Å². The second-order valence-corrected chi connectivity index (χ2v) is 21.7. The van der Waals surface area contributed by atoms with Gasteiger partial charge in [0.2, 0.25) is 0 Å². The van der Waals surface area contributed by atoms with Crippen molar-refractivity contribution in [1.29, 1.82) is 0 Å². The van der Waals surface area contributed by atoms with Crippen molar-refractivity contribution < 1.29 is 19.4 Å². The highest BCUT2D eigenvalue weighted by molar-refractivity contribution is 5.73. The van der Waals surface area contributed by atoms with Crippen molar-refractivity contribution in [3.8, 4) is 11.4 Å². The molecule has 2 bridgehead atoms. The lowest BCUT2D eigenvalue weighted by Gasteiger charge is -2.76. The number of allylic oxidation sites excluding steroid dienone is 1. The third-order valence-corrected chi connectivity index (χ3v) is 18.6. The van der Waals surface area contributed by atoms with Crippen molar-refractivity contribution >= 4 is 5.97 Å². The molecule has 13 atom stereocenters. The fraction of sp³-hybridized carbons (Fsp3) is 0.783. The van der Waals surface area contributed by atoms with Crippen molar-refractivity contribution in [2.75, 3.05) is 13.2 Å². The normalized spacial score (nSPS) is 43.0. The second-order valence-electron chi connectivity index (χ2n) is 21.7. The van der Waals surface area contributed by atoms with Gasteiger partial charge in [-0.3, -0.25) is 9.78 Å². The van der Waals surface area contributed by atoms with Crippen LogP contribution in [-0.4, -0.2) is 61.8 Å². The van der Waals surface area contributed by atoms with E-state index in [0.717, 1.165) is 49.9 Å². The number of aromatic nitrogens is 4. The Morgan fingerprint density at radius 3 is 2.33 bits per heavy atom. The molecule has 0 aromatic carbocycles. The SMILES string of the molecule is CC(C)[C@@H](C)[C@@]1(C)CC[C@]2(C)[C@H]3CC[C@@]4(C)[C@@]5(C)CO[C@@H](C)[C@@]4(C[C@@H](n4ncnc4-c4ccncc4)[C@@H]5OC[C@](C)(N)C(C)(C)C)C3=CC[C@@]2(C)[C@@H]1C(=O)O. The van der Waals surface area contributed by atoms with Gasteiger partial charge in [-0.2, -0.15) is 5.10 Å². The minimum Gasteiger partial charge on any atom is -0.481 e. The lowest BCUT2D eigenvalue weighted by atomic mass is 9.30. The summed E-state index contributed by atoms with van der Waals surface area (Å²) in [4.78, 5) is 22.8. The quantitative estimate of drug-likeness (QED) is 0.255. The van der Waals surface area contributed by atoms with Gasteiger partial charge in [0.15, 0.2) is 5.82 Å². The molecule has 2 aromatic heterocycles. The van der Waals surface area contributed by atoms with E-state index in [4.69, 9.17) is 25.3 Å². The number of nitrogens with zero attached hydrogens (tertiary/aromatic N) is 4. The molecule has 4 aliphatic carbocycles. The van der Waals surface area contributed by atoms with Gasteiger partial charge in [-0.1, -0.05) is 87.8 Å². The largest absolute Gasteiger partial charge is 0.481 e. The summed E-state index contributed by atoms with van der Waals surface area (Å²) in [5, 5.41) is 16.2. The van der Waals surface area contributed by atoms with Gasteiger partial charge in [0.05, 0.1) is 37.4 Å². The minimum absolute atomic E-state index is 0.0524. The Morgan fingerprint density at radius 1 is 1.04 bits per heavy atom. The van der Waals surface area contributed by atoms with Crippen molar-refractivity contribution in [3.05, 3.63) is 42.5 Å². The molecule has 55 heavy (non-hydrogen) atoms. The Bertz CT molecular complexity index is 1820. The maximum Gasteiger partial charge on any atom is 0.307 e. The van der Waals surface area contributed by atoms with Crippen LogP contribution in [0, 0.1) is 61.6 Å². The van der Waals surface area contributed by atoms with Crippen LogP contribution in [0.4, 0.5) is 0 Å². The monoisotopic (exact) mass is 758 g/mol. The van der Waals surface area contributed by atoms with E-state index in [0.29, 0.717) is 25.0 Å². The molecule has 2 aromatic rings. The summed E-state index contributed by atoms with van der Waals surface area (Å²) in [5.74, 6) is 0.690. The summed E-state index contributed by atoms with van der Waals surface area (Å²) >= 11 is 0. The van der Waals surface area contributed by atoms with Gasteiger partial charge in [0, 0.05) is 34.3 Å². The van der Waals surface area contributed by atoms with Crippen LogP contribution in [0.3, 0.4) is 0 Å². The van der Waals surface area contributed by atoms with Crippen LogP contribution in [0.25, 0.3) is 11.4 Å². The number of pyridine rings is 1. The van der Waals surface area contributed by atoms with Gasteiger partial charge in [-0.25, -0.2) is 9.67 Å². The lowest BCUT2D eigenvalue weighted by molar-refractivity contribution is -0.312. The van der Waals surface area contributed by atoms with Gasteiger partial charge >= 0.3 is 5.97 Å². The standard InChI is InChI=1S/C46H71N5O4/c1-28(2)29(3)40(8)20-21-41(9)32-15-19-44(12)43(11)25-54-30(4)46(44,33(32)14-18-42(41,10)35(40)38(52)53)24-34(36(43)55-26-45(13,47)39(5,6)7)51-37(49-27-50-51)31-16-22-48-23-17-31/h14,16-17,22-23,27-30,32,34-36H,15,18-21,24-26,47H2,1-13H3,(H,52,53)/t29-,30+,32+,34-,35-,36+,40-,41-,42+,43+,44+,45+,46+/m1/s1. The fourth-order valence-corrected chi connectivity index (χ4v) is 13.5. The minimum atomic E-state index is -0.629. The summed E-state index contributed by atoms with van der Waals surface area (Å²) in [7, 11) is 0. The molecule has 3 heterocycles. The molecular formula is C46H71N5O4. The first-order valence-electron chi connectivity index (χ1n) is 21.2. The van der Waals surface area contributed by atoms with Crippen molar-refractivity contribution in [2.45, 2.75) is 152 Å². The van der Waals surface area contributed by atoms with Crippen molar-refractivity contribution in [1.82, 2.24) is 19.7 Å². The van der Waals surface area contributed by atoms with Gasteiger partial charge in [0.1, 0.15) is 6.33 Å². The summed E-state index contributed by atoms with van der Waals surface area (Å²) in [6, 6.07) is 3.86. The maximum absolute atomic E-state index is 13.7. The number of aliphatic carboxylic acids is 1. The highest BCUT2D eigenvalue weighted by atomic mass is 16.5. The van der Waals surface area contributed by atoms with E-state index in [-0.39, 0.29) is 51.2 Å². The molecule has 0 amide bonds. The molecule has 3 saturated carbocycles. The van der Waals surface area contributed by atoms with Crippen molar-refractivity contribution in [3.63, 3.8) is 0 Å². The van der Waals surface area contributed by atoms with Gasteiger partial charge < -0.3 is 20.3 Å². The van der Waals surface area contributed by atoms with Crippen molar-refractivity contribution in [2.24, 2.45) is 67.3 Å². The third kappa shape index (κ3) is 5.33. The molecule has 0 spiro atoms. The Morgan fingerprint density at radius 2 is 1.71 bits per heavy atom. The average Bonchev–Trinajstić information content (AvgIpc) is 3.60. The number of nitrogens with two attached hydrogens (primary N) is 1. The van der Waals surface area contributed by atoms with E-state index in [9.17, 15) is 9.90 Å². The number of carboxylic acids is 1. The lowest BCUT2D eigenvalue weighted by Crippen LogP contribution is -2.75. The smallest absolute Gasteiger partial charge is 0.307 e. The van der Waals surface area contributed by atoms with E-state index in [2.05, 4.69) is 106 Å². The Labute approximate surface area is 331 Å². The Hall–Kier alpha value is -2.62. The molecule has 9 heteroatoms. The zero-order valence-corrected chi connectivity index (χ0v) is 36.2. The molecule has 304 valence electrons. The first-order chi connectivity index (χ1) is 25.5. The number of ether oxygens (including phenoxy) is 2. The van der Waals surface area contributed by atoms with Gasteiger partial charge in [0.25, 0.3) is 0 Å². The number of carbonyl (C=O) groups is 1. The molecule has 1 aliphatic heterocycles. The van der Waals surface area contributed by atoms with E-state index in [1.807, 2.05) is 24.5 Å². The average molecular weight is 758 g/mol. The number of hydrogen-bond acceptors (Lipinski definition) is 7. The summed E-state index contributed by atoms with van der Waals surface area (Å²) < 4.78 is 16.5. The van der Waals surface area contributed by atoms with Crippen LogP contribution in [0.2, 0.25) is 0 Å². The number of rotatable bonds is 8. The summed E-state index contributed by atoms with van der Waals surface area (Å²) in [6.45, 7) is 30.8. The Kier molecular flexibility index (Phi) is 9.55. The zero-order chi connectivity index (χ0) is 40.4. The van der Waals surface area contributed by atoms with Crippen LogP contribution < -0.4 is 5.73 Å². The zero-order valence-electron chi connectivity index (χ0n) is 36.2. The second kappa shape index (κ2) is 12.9. The number of carboxylic acid groups (broad SMARTS) is 1. The van der Waals surface area contributed by atoms with E-state index in [1.165, 1.54) is 5.57 Å².